The van der Waals surface area contributed by atoms with Crippen LogP contribution in [0.2, 0.25) is 0 Å². The molecule has 0 saturated heterocycles. The lowest BCUT2D eigenvalue weighted by atomic mass is 10.1. The van der Waals surface area contributed by atoms with Gasteiger partial charge in [0.05, 0.1) is 18.8 Å². The zero-order valence-corrected chi connectivity index (χ0v) is 18.9. The van der Waals surface area contributed by atoms with Crippen LogP contribution < -0.4 is 15.0 Å². The van der Waals surface area contributed by atoms with Crippen molar-refractivity contribution in [2.75, 3.05) is 13.2 Å². The van der Waals surface area contributed by atoms with Gasteiger partial charge in [-0.05, 0) is 68.4 Å². The molecule has 0 N–H and O–H groups in total. The number of rotatable bonds is 7. The number of hydrogen-bond donors (Lipinski definition) is 0. The van der Waals surface area contributed by atoms with Crippen LogP contribution in [0.3, 0.4) is 0 Å². The zero-order valence-electron chi connectivity index (χ0n) is 18.9. The van der Waals surface area contributed by atoms with E-state index in [9.17, 15) is 4.79 Å². The maximum Gasteiger partial charge on any atom is 0.262 e. The largest absolute Gasteiger partial charge is 0.494 e. The van der Waals surface area contributed by atoms with Crippen molar-refractivity contribution in [3.8, 4) is 40.0 Å². The Labute approximate surface area is 196 Å². The Morgan fingerprint density at radius 3 is 2.09 bits per heavy atom. The quantitative estimate of drug-likeness (QED) is 0.324. The molecule has 34 heavy (non-hydrogen) atoms. The molecule has 0 amide bonds. The van der Waals surface area contributed by atoms with Crippen LogP contribution in [0, 0.1) is 0 Å². The van der Waals surface area contributed by atoms with Crippen LogP contribution in [0.15, 0.2) is 88.3 Å². The second-order valence-electron chi connectivity index (χ2n) is 7.57. The fourth-order valence-corrected chi connectivity index (χ4v) is 3.84. The minimum absolute atomic E-state index is 0.130. The molecular weight excluding hydrogens is 430 g/mol. The van der Waals surface area contributed by atoms with Crippen LogP contribution in [0.5, 0.6) is 11.5 Å². The summed E-state index contributed by atoms with van der Waals surface area (Å²) in [6.45, 7) is 5.05. The van der Waals surface area contributed by atoms with Crippen LogP contribution in [0.1, 0.15) is 13.8 Å². The van der Waals surface area contributed by atoms with E-state index in [0.29, 0.717) is 41.6 Å². The molecule has 5 aromatic rings. The molecule has 0 spiro atoms. The fraction of sp³-hybridized carbons (Fsp3) is 0.148. The molecule has 0 aliphatic carbocycles. The Kier molecular flexibility index (Phi) is 5.82. The summed E-state index contributed by atoms with van der Waals surface area (Å²) in [5.41, 5.74) is 2.07. The van der Waals surface area contributed by atoms with Crippen LogP contribution >= 0.6 is 0 Å². The van der Waals surface area contributed by atoms with Gasteiger partial charge in [0.15, 0.2) is 0 Å². The summed E-state index contributed by atoms with van der Waals surface area (Å²) >= 11 is 0. The van der Waals surface area contributed by atoms with Crippen molar-refractivity contribution in [1.82, 2.24) is 14.7 Å². The monoisotopic (exact) mass is 453 g/mol. The van der Waals surface area contributed by atoms with Crippen molar-refractivity contribution < 1.29 is 14.0 Å². The SMILES string of the molecule is CCOc1ccc(-c2noc(-c3cn(-c4ccc(OCC)cc4)c(=O)c4ccccc34)n2)cc1. The van der Waals surface area contributed by atoms with Crippen molar-refractivity contribution in [1.29, 1.82) is 0 Å². The van der Waals surface area contributed by atoms with Gasteiger partial charge in [-0.15, -0.1) is 0 Å². The highest BCUT2D eigenvalue weighted by atomic mass is 16.5. The van der Waals surface area contributed by atoms with E-state index in [1.54, 1.807) is 16.8 Å². The van der Waals surface area contributed by atoms with Crippen LogP contribution in [0.4, 0.5) is 0 Å². The second kappa shape index (κ2) is 9.23. The van der Waals surface area contributed by atoms with E-state index in [4.69, 9.17) is 14.0 Å². The number of fused-ring (bicyclic) bond motifs is 1. The molecule has 5 rings (SSSR count). The van der Waals surface area contributed by atoms with E-state index >= 15 is 0 Å². The number of nitrogens with zero attached hydrogens (tertiary/aromatic N) is 3. The number of aromatic nitrogens is 3. The topological polar surface area (TPSA) is 79.4 Å². The summed E-state index contributed by atoms with van der Waals surface area (Å²) in [5, 5.41) is 5.48. The predicted molar refractivity (Wildman–Crippen MR) is 131 cm³/mol. The maximum atomic E-state index is 13.3. The Hall–Kier alpha value is -4.39. The first-order chi connectivity index (χ1) is 16.7. The summed E-state index contributed by atoms with van der Waals surface area (Å²) in [4.78, 5) is 17.9. The van der Waals surface area contributed by atoms with Crippen LogP contribution in [0.25, 0.3) is 39.3 Å². The average Bonchev–Trinajstić information content (AvgIpc) is 3.36. The molecule has 0 atom stereocenters. The lowest BCUT2D eigenvalue weighted by Gasteiger charge is -2.11. The van der Waals surface area contributed by atoms with E-state index in [1.807, 2.05) is 80.6 Å². The summed E-state index contributed by atoms with van der Waals surface area (Å²) < 4.78 is 18.3. The number of benzene rings is 3. The highest BCUT2D eigenvalue weighted by molar-refractivity contribution is 5.94. The molecule has 0 saturated carbocycles. The molecule has 0 radical (unpaired) electrons. The van der Waals surface area contributed by atoms with Gasteiger partial charge in [0, 0.05) is 28.2 Å². The third-order valence-corrected chi connectivity index (χ3v) is 5.43. The minimum Gasteiger partial charge on any atom is -0.494 e. The van der Waals surface area contributed by atoms with E-state index < -0.39 is 0 Å². The van der Waals surface area contributed by atoms with Crippen molar-refractivity contribution in [2.24, 2.45) is 0 Å². The molecule has 7 heteroatoms. The van der Waals surface area contributed by atoms with Crippen molar-refractivity contribution >= 4 is 10.8 Å². The van der Waals surface area contributed by atoms with Gasteiger partial charge in [-0.1, -0.05) is 23.4 Å². The molecule has 170 valence electrons. The van der Waals surface area contributed by atoms with Gasteiger partial charge in [0.2, 0.25) is 5.82 Å². The van der Waals surface area contributed by atoms with Crippen LogP contribution in [-0.4, -0.2) is 27.9 Å². The third kappa shape index (κ3) is 4.03. The second-order valence-corrected chi connectivity index (χ2v) is 7.57. The van der Waals surface area contributed by atoms with E-state index in [1.165, 1.54) is 0 Å². The maximum absolute atomic E-state index is 13.3. The van der Waals surface area contributed by atoms with E-state index in [0.717, 1.165) is 22.4 Å². The molecule has 0 aliphatic rings. The molecule has 2 heterocycles. The Morgan fingerprint density at radius 2 is 1.44 bits per heavy atom. The van der Waals surface area contributed by atoms with Gasteiger partial charge in [0.1, 0.15) is 11.5 Å². The Morgan fingerprint density at radius 1 is 0.824 bits per heavy atom. The molecule has 7 nitrogen and oxygen atoms in total. The summed E-state index contributed by atoms with van der Waals surface area (Å²) in [6, 6.07) is 22.3. The first kappa shape index (κ1) is 21.5. The first-order valence-corrected chi connectivity index (χ1v) is 11.1. The molecule has 0 unspecified atom stereocenters. The summed E-state index contributed by atoms with van der Waals surface area (Å²) in [7, 11) is 0. The highest BCUT2D eigenvalue weighted by Crippen LogP contribution is 2.29. The summed E-state index contributed by atoms with van der Waals surface area (Å²) in [5.74, 6) is 2.32. The highest BCUT2D eigenvalue weighted by Gasteiger charge is 2.17. The van der Waals surface area contributed by atoms with E-state index in [2.05, 4.69) is 10.1 Å². The zero-order chi connectivity index (χ0) is 23.5. The molecule has 2 aromatic heterocycles. The predicted octanol–water partition coefficient (Wildman–Crippen LogP) is 5.51. The van der Waals surface area contributed by atoms with Gasteiger partial charge in [-0.25, -0.2) is 0 Å². The first-order valence-electron chi connectivity index (χ1n) is 11.1. The number of hydrogen-bond acceptors (Lipinski definition) is 6. The molecule has 0 bridgehead atoms. The average molecular weight is 453 g/mol. The molecular formula is C27H23N3O4. The number of ether oxygens (including phenoxy) is 2. The van der Waals surface area contributed by atoms with Gasteiger partial charge < -0.3 is 14.0 Å². The molecule has 3 aromatic carbocycles. The Bertz CT molecular complexity index is 1490. The van der Waals surface area contributed by atoms with Gasteiger partial charge in [-0.3, -0.25) is 9.36 Å². The van der Waals surface area contributed by atoms with Crippen molar-refractivity contribution in [3.63, 3.8) is 0 Å². The van der Waals surface area contributed by atoms with Gasteiger partial charge in [-0.2, -0.15) is 4.98 Å². The van der Waals surface area contributed by atoms with Crippen molar-refractivity contribution in [3.05, 3.63) is 89.3 Å². The fourth-order valence-electron chi connectivity index (χ4n) is 3.84. The van der Waals surface area contributed by atoms with Crippen LogP contribution in [-0.2, 0) is 0 Å². The normalized spacial score (nSPS) is 11.0. The molecule has 0 aliphatic heterocycles. The van der Waals surface area contributed by atoms with E-state index in [-0.39, 0.29) is 5.56 Å². The lowest BCUT2D eigenvalue weighted by Crippen LogP contribution is -2.18. The standard InChI is InChI=1S/C27H23N3O4/c1-3-32-20-13-9-18(10-14-20)25-28-26(34-29-25)24-17-30(19-11-15-21(16-12-19)33-4-2)27(31)23-8-6-5-7-22(23)24/h5-17H,3-4H2,1-2H3. The van der Waals surface area contributed by atoms with Crippen molar-refractivity contribution in [2.45, 2.75) is 13.8 Å². The Balaban J connectivity index is 1.60. The van der Waals surface area contributed by atoms with Gasteiger partial charge in [0.25, 0.3) is 11.4 Å². The minimum atomic E-state index is -0.130. The third-order valence-electron chi connectivity index (χ3n) is 5.43. The number of pyridine rings is 1. The van der Waals surface area contributed by atoms with Gasteiger partial charge >= 0.3 is 0 Å². The molecule has 0 fully saturated rings. The smallest absolute Gasteiger partial charge is 0.262 e. The summed E-state index contributed by atoms with van der Waals surface area (Å²) in [6.07, 6.45) is 1.75. The lowest BCUT2D eigenvalue weighted by molar-refractivity contribution is 0.340.